The SMILES string of the molecule is N#Cc1cc(F)cc(-c2ccncc2)c1. The fraction of sp³-hybridized carbons (Fsp3) is 0. The third kappa shape index (κ3) is 2.00. The summed E-state index contributed by atoms with van der Waals surface area (Å²) < 4.78 is 13.1. The maximum Gasteiger partial charge on any atom is 0.125 e. The molecule has 0 saturated carbocycles. The second-order valence-corrected chi connectivity index (χ2v) is 3.08. The molecule has 0 saturated heterocycles. The summed E-state index contributed by atoms with van der Waals surface area (Å²) in [6.45, 7) is 0. The molecule has 3 heteroatoms. The standard InChI is InChI=1S/C12H7FN2/c13-12-6-9(8-14)5-11(7-12)10-1-3-15-4-2-10/h1-7H. The van der Waals surface area contributed by atoms with Crippen molar-refractivity contribution in [1.82, 2.24) is 4.98 Å². The Labute approximate surface area is 86.6 Å². The average molecular weight is 198 g/mol. The van der Waals surface area contributed by atoms with Gasteiger partial charge in [0.15, 0.2) is 0 Å². The highest BCUT2D eigenvalue weighted by Gasteiger charge is 2.02. The molecule has 15 heavy (non-hydrogen) atoms. The molecule has 0 amide bonds. The highest BCUT2D eigenvalue weighted by atomic mass is 19.1. The first-order chi connectivity index (χ1) is 7.29. The van der Waals surface area contributed by atoms with Crippen molar-refractivity contribution in [3.63, 3.8) is 0 Å². The van der Waals surface area contributed by atoms with E-state index in [0.717, 1.165) is 5.56 Å². The summed E-state index contributed by atoms with van der Waals surface area (Å²) in [6, 6.07) is 9.73. The summed E-state index contributed by atoms with van der Waals surface area (Å²) in [7, 11) is 0. The molecule has 0 aliphatic rings. The number of nitriles is 1. The van der Waals surface area contributed by atoms with Gasteiger partial charge in [-0.25, -0.2) is 4.39 Å². The zero-order valence-corrected chi connectivity index (χ0v) is 7.81. The van der Waals surface area contributed by atoms with Crippen LogP contribution in [0.1, 0.15) is 5.56 Å². The van der Waals surface area contributed by atoms with Crippen molar-refractivity contribution in [3.05, 3.63) is 54.1 Å². The Kier molecular flexibility index (Phi) is 2.42. The van der Waals surface area contributed by atoms with E-state index in [-0.39, 0.29) is 0 Å². The van der Waals surface area contributed by atoms with Crippen molar-refractivity contribution in [3.8, 4) is 17.2 Å². The Morgan fingerprint density at radius 2 is 1.80 bits per heavy atom. The molecule has 2 aromatic rings. The first-order valence-electron chi connectivity index (χ1n) is 4.41. The molecule has 0 spiro atoms. The smallest absolute Gasteiger partial charge is 0.125 e. The minimum absolute atomic E-state index is 0.321. The first kappa shape index (κ1) is 9.35. The van der Waals surface area contributed by atoms with Gasteiger partial charge in [-0.3, -0.25) is 4.98 Å². The monoisotopic (exact) mass is 198 g/mol. The van der Waals surface area contributed by atoms with E-state index < -0.39 is 5.82 Å². The van der Waals surface area contributed by atoms with Gasteiger partial charge in [0.25, 0.3) is 0 Å². The number of rotatable bonds is 1. The number of aromatic nitrogens is 1. The van der Waals surface area contributed by atoms with Gasteiger partial charge < -0.3 is 0 Å². The molecular weight excluding hydrogens is 191 g/mol. The molecule has 0 unspecified atom stereocenters. The highest BCUT2D eigenvalue weighted by Crippen LogP contribution is 2.20. The van der Waals surface area contributed by atoms with Gasteiger partial charge in [0.1, 0.15) is 5.82 Å². The van der Waals surface area contributed by atoms with Crippen LogP contribution in [-0.4, -0.2) is 4.98 Å². The molecule has 0 radical (unpaired) electrons. The maximum atomic E-state index is 13.1. The molecule has 1 aromatic carbocycles. The van der Waals surface area contributed by atoms with Crippen LogP contribution >= 0.6 is 0 Å². The predicted molar refractivity (Wildman–Crippen MR) is 54.3 cm³/mol. The van der Waals surface area contributed by atoms with Gasteiger partial charge in [-0.2, -0.15) is 5.26 Å². The zero-order valence-electron chi connectivity index (χ0n) is 7.81. The second-order valence-electron chi connectivity index (χ2n) is 3.08. The summed E-state index contributed by atoms with van der Waals surface area (Å²) in [5.41, 5.74) is 1.86. The van der Waals surface area contributed by atoms with Gasteiger partial charge in [0, 0.05) is 12.4 Å². The van der Waals surface area contributed by atoms with Crippen LogP contribution in [0.3, 0.4) is 0 Å². The van der Waals surface area contributed by atoms with Gasteiger partial charge in [-0.1, -0.05) is 0 Å². The van der Waals surface area contributed by atoms with Crippen LogP contribution in [0, 0.1) is 17.1 Å². The van der Waals surface area contributed by atoms with E-state index in [1.807, 2.05) is 6.07 Å². The van der Waals surface area contributed by atoms with E-state index >= 15 is 0 Å². The summed E-state index contributed by atoms with van der Waals surface area (Å²) >= 11 is 0. The van der Waals surface area contributed by atoms with E-state index in [1.165, 1.54) is 12.1 Å². The van der Waals surface area contributed by atoms with Gasteiger partial charge >= 0.3 is 0 Å². The molecule has 0 fully saturated rings. The Hall–Kier alpha value is -2.21. The first-order valence-corrected chi connectivity index (χ1v) is 4.41. The molecule has 2 rings (SSSR count). The molecular formula is C12H7FN2. The van der Waals surface area contributed by atoms with Crippen LogP contribution in [0.4, 0.5) is 4.39 Å². The predicted octanol–water partition coefficient (Wildman–Crippen LogP) is 2.76. The molecule has 0 aliphatic heterocycles. The molecule has 72 valence electrons. The fourth-order valence-electron chi connectivity index (χ4n) is 1.37. The quantitative estimate of drug-likeness (QED) is 0.706. The molecule has 0 bridgehead atoms. The summed E-state index contributed by atoms with van der Waals surface area (Å²) in [5.74, 6) is -0.402. The number of benzene rings is 1. The van der Waals surface area contributed by atoms with Crippen LogP contribution < -0.4 is 0 Å². The number of halogens is 1. The number of pyridine rings is 1. The number of hydrogen-bond acceptors (Lipinski definition) is 2. The van der Waals surface area contributed by atoms with Crippen molar-refractivity contribution in [2.24, 2.45) is 0 Å². The number of nitrogens with zero attached hydrogens (tertiary/aromatic N) is 2. The Balaban J connectivity index is 2.55. The van der Waals surface area contributed by atoms with Gasteiger partial charge in [0.05, 0.1) is 11.6 Å². The van der Waals surface area contributed by atoms with Crippen molar-refractivity contribution in [1.29, 1.82) is 5.26 Å². The number of hydrogen-bond donors (Lipinski definition) is 0. The Bertz CT molecular complexity index is 515. The lowest BCUT2D eigenvalue weighted by Crippen LogP contribution is -1.84. The van der Waals surface area contributed by atoms with E-state index in [9.17, 15) is 4.39 Å². The largest absolute Gasteiger partial charge is 0.265 e. The van der Waals surface area contributed by atoms with Crippen molar-refractivity contribution >= 4 is 0 Å². The van der Waals surface area contributed by atoms with Crippen LogP contribution in [0.25, 0.3) is 11.1 Å². The third-order valence-electron chi connectivity index (χ3n) is 2.04. The Morgan fingerprint density at radius 3 is 2.47 bits per heavy atom. The van der Waals surface area contributed by atoms with E-state index in [1.54, 1.807) is 30.6 Å². The summed E-state index contributed by atoms with van der Waals surface area (Å²) in [4.78, 5) is 3.88. The maximum absolute atomic E-state index is 13.1. The molecule has 0 aliphatic carbocycles. The van der Waals surface area contributed by atoms with E-state index in [0.29, 0.717) is 11.1 Å². The second kappa shape index (κ2) is 3.89. The minimum Gasteiger partial charge on any atom is -0.265 e. The zero-order chi connectivity index (χ0) is 10.7. The highest BCUT2D eigenvalue weighted by molar-refractivity contribution is 5.64. The molecule has 1 heterocycles. The minimum atomic E-state index is -0.402. The van der Waals surface area contributed by atoms with Gasteiger partial charge in [-0.15, -0.1) is 0 Å². The van der Waals surface area contributed by atoms with E-state index in [4.69, 9.17) is 5.26 Å². The van der Waals surface area contributed by atoms with Gasteiger partial charge in [0.2, 0.25) is 0 Å². The van der Waals surface area contributed by atoms with Crippen LogP contribution in [0.2, 0.25) is 0 Å². The lowest BCUT2D eigenvalue weighted by molar-refractivity contribution is 0.628. The van der Waals surface area contributed by atoms with Gasteiger partial charge in [-0.05, 0) is 41.5 Å². The average Bonchev–Trinajstić information content (AvgIpc) is 2.29. The molecule has 0 atom stereocenters. The molecule has 1 aromatic heterocycles. The lowest BCUT2D eigenvalue weighted by Gasteiger charge is -2.01. The topological polar surface area (TPSA) is 36.7 Å². The fourth-order valence-corrected chi connectivity index (χ4v) is 1.37. The van der Waals surface area contributed by atoms with Crippen LogP contribution in [0.5, 0.6) is 0 Å². The summed E-state index contributed by atoms with van der Waals surface area (Å²) in [5, 5.41) is 8.70. The van der Waals surface area contributed by atoms with Crippen molar-refractivity contribution in [2.75, 3.05) is 0 Å². The van der Waals surface area contributed by atoms with Crippen molar-refractivity contribution in [2.45, 2.75) is 0 Å². The molecule has 2 nitrogen and oxygen atoms in total. The summed E-state index contributed by atoms with van der Waals surface area (Å²) in [6.07, 6.45) is 3.26. The van der Waals surface area contributed by atoms with Crippen LogP contribution in [0.15, 0.2) is 42.7 Å². The van der Waals surface area contributed by atoms with Crippen molar-refractivity contribution < 1.29 is 4.39 Å². The lowest BCUT2D eigenvalue weighted by atomic mass is 10.0. The molecule has 0 N–H and O–H groups in total. The van der Waals surface area contributed by atoms with E-state index in [2.05, 4.69) is 4.98 Å². The third-order valence-corrected chi connectivity index (χ3v) is 2.04. The normalized spacial score (nSPS) is 9.60. The Morgan fingerprint density at radius 1 is 1.07 bits per heavy atom. The van der Waals surface area contributed by atoms with Crippen LogP contribution in [-0.2, 0) is 0 Å².